The summed E-state index contributed by atoms with van der Waals surface area (Å²) in [6.07, 6.45) is 1.09. The Balaban J connectivity index is 1.53. The normalized spacial score (nSPS) is 13.5. The number of aryl methyl sites for hydroxylation is 1. The Labute approximate surface area is 206 Å². The maximum absolute atomic E-state index is 13.5. The number of anilines is 2. The van der Waals surface area contributed by atoms with Gasteiger partial charge in [-0.1, -0.05) is 36.4 Å². The molecule has 0 aromatic heterocycles. The van der Waals surface area contributed by atoms with Crippen molar-refractivity contribution < 1.29 is 19.1 Å². The van der Waals surface area contributed by atoms with Gasteiger partial charge in [0, 0.05) is 25.7 Å². The highest BCUT2D eigenvalue weighted by Gasteiger charge is 2.29. The lowest BCUT2D eigenvalue weighted by Crippen LogP contribution is -2.49. The number of hydrogen-bond donors (Lipinski definition) is 1. The van der Waals surface area contributed by atoms with Crippen molar-refractivity contribution in [2.24, 2.45) is 0 Å². The van der Waals surface area contributed by atoms with E-state index < -0.39 is 0 Å². The van der Waals surface area contributed by atoms with Crippen molar-refractivity contribution in [3.05, 3.63) is 83.4 Å². The molecule has 1 saturated heterocycles. The first-order valence-electron chi connectivity index (χ1n) is 11.7. The third-order valence-electron chi connectivity index (χ3n) is 6.02. The van der Waals surface area contributed by atoms with E-state index in [1.807, 2.05) is 78.6 Å². The Hall–Kier alpha value is -4.00. The predicted octanol–water partition coefficient (Wildman–Crippen LogP) is 5.03. The number of hydrogen-bond acceptors (Lipinski definition) is 4. The molecule has 0 saturated carbocycles. The van der Waals surface area contributed by atoms with E-state index in [-0.39, 0.29) is 18.4 Å². The molecule has 3 aromatic rings. The Bertz CT molecular complexity index is 1170. The number of ether oxygens (including phenoxy) is 2. The van der Waals surface area contributed by atoms with Crippen LogP contribution in [-0.4, -0.2) is 44.1 Å². The van der Waals surface area contributed by atoms with Crippen molar-refractivity contribution in [1.82, 2.24) is 4.90 Å². The van der Waals surface area contributed by atoms with Gasteiger partial charge in [0.05, 0.1) is 32.0 Å². The Kier molecular flexibility index (Phi) is 7.55. The van der Waals surface area contributed by atoms with Crippen LogP contribution in [0.25, 0.3) is 0 Å². The van der Waals surface area contributed by atoms with Gasteiger partial charge in [0.1, 0.15) is 11.5 Å². The average molecular weight is 474 g/mol. The number of benzene rings is 3. The van der Waals surface area contributed by atoms with Crippen LogP contribution in [0.2, 0.25) is 0 Å². The summed E-state index contributed by atoms with van der Waals surface area (Å²) >= 11 is 0. The summed E-state index contributed by atoms with van der Waals surface area (Å²) < 4.78 is 10.8. The smallest absolute Gasteiger partial charge is 0.324 e. The highest BCUT2D eigenvalue weighted by atomic mass is 16.5. The van der Waals surface area contributed by atoms with E-state index in [1.54, 1.807) is 19.1 Å². The molecular weight excluding hydrogens is 442 g/mol. The first kappa shape index (κ1) is 24.1. The minimum atomic E-state index is -0.118. The van der Waals surface area contributed by atoms with Crippen molar-refractivity contribution in [2.45, 2.75) is 26.3 Å². The van der Waals surface area contributed by atoms with Gasteiger partial charge in [-0.2, -0.15) is 0 Å². The second-order valence-electron chi connectivity index (χ2n) is 8.66. The summed E-state index contributed by atoms with van der Waals surface area (Å²) in [5.74, 6) is 1.25. The van der Waals surface area contributed by atoms with Crippen LogP contribution in [0.5, 0.6) is 11.5 Å². The van der Waals surface area contributed by atoms with Gasteiger partial charge in [0.2, 0.25) is 5.91 Å². The molecule has 0 spiro atoms. The third kappa shape index (κ3) is 5.93. The molecule has 7 nitrogen and oxygen atoms in total. The van der Waals surface area contributed by atoms with E-state index in [2.05, 4.69) is 5.32 Å². The fraction of sp³-hybridized carbons (Fsp3) is 0.286. The molecule has 3 amide bonds. The van der Waals surface area contributed by atoms with E-state index >= 15 is 0 Å². The molecule has 7 heteroatoms. The summed E-state index contributed by atoms with van der Waals surface area (Å²) in [6, 6.07) is 20.9. The van der Waals surface area contributed by atoms with Gasteiger partial charge < -0.3 is 19.7 Å². The second-order valence-corrected chi connectivity index (χ2v) is 8.66. The molecule has 3 aromatic carbocycles. The minimum Gasteiger partial charge on any atom is -0.497 e. The molecule has 35 heavy (non-hydrogen) atoms. The molecule has 182 valence electrons. The SMILES string of the molecule is COc1cc(CN2CCCN(c3ccc(C)cc3NC(=O)Cc3ccccc3)C2=O)cc(OC)c1. The molecule has 4 rings (SSSR count). The summed E-state index contributed by atoms with van der Waals surface area (Å²) in [4.78, 5) is 29.9. The van der Waals surface area contributed by atoms with Gasteiger partial charge in [-0.3, -0.25) is 9.69 Å². The van der Waals surface area contributed by atoms with Crippen LogP contribution in [0.4, 0.5) is 16.2 Å². The topological polar surface area (TPSA) is 71.1 Å². The summed E-state index contributed by atoms with van der Waals surface area (Å²) in [5.41, 5.74) is 4.22. The second kappa shape index (κ2) is 11.0. The highest BCUT2D eigenvalue weighted by Crippen LogP contribution is 2.31. The Morgan fingerprint density at radius 3 is 2.31 bits per heavy atom. The Morgan fingerprint density at radius 1 is 0.914 bits per heavy atom. The van der Waals surface area contributed by atoms with Crippen molar-refractivity contribution in [3.63, 3.8) is 0 Å². The molecule has 0 radical (unpaired) electrons. The molecule has 1 aliphatic rings. The molecule has 1 heterocycles. The molecular formula is C28H31N3O4. The zero-order valence-corrected chi connectivity index (χ0v) is 20.4. The minimum absolute atomic E-state index is 0.0968. The maximum atomic E-state index is 13.5. The van der Waals surface area contributed by atoms with Crippen molar-refractivity contribution in [3.8, 4) is 11.5 Å². The first-order valence-corrected chi connectivity index (χ1v) is 11.7. The zero-order valence-electron chi connectivity index (χ0n) is 20.4. The van der Waals surface area contributed by atoms with Gasteiger partial charge in [-0.05, 0) is 54.3 Å². The molecule has 1 N–H and O–H groups in total. The fourth-order valence-corrected chi connectivity index (χ4v) is 4.29. The van der Waals surface area contributed by atoms with Crippen LogP contribution in [0.3, 0.4) is 0 Å². The Morgan fingerprint density at radius 2 is 1.63 bits per heavy atom. The standard InChI is InChI=1S/C28H31N3O4/c1-20-10-11-26(25(14-20)29-27(32)17-21-8-5-4-6-9-21)31-13-7-12-30(28(31)33)19-22-15-23(34-2)18-24(16-22)35-3/h4-6,8-11,14-16,18H,7,12-13,17,19H2,1-3H3,(H,29,32). The molecule has 1 fully saturated rings. The number of nitrogens with one attached hydrogen (secondary N) is 1. The number of urea groups is 1. The van der Waals surface area contributed by atoms with Gasteiger partial charge in [-0.15, -0.1) is 0 Å². The van der Waals surface area contributed by atoms with Crippen LogP contribution in [0, 0.1) is 6.92 Å². The number of nitrogens with zero attached hydrogens (tertiary/aromatic N) is 2. The van der Waals surface area contributed by atoms with Gasteiger partial charge in [-0.25, -0.2) is 4.79 Å². The van der Waals surface area contributed by atoms with Gasteiger partial charge in [0.15, 0.2) is 0 Å². The average Bonchev–Trinajstić information content (AvgIpc) is 2.86. The monoisotopic (exact) mass is 473 g/mol. The summed E-state index contributed by atoms with van der Waals surface area (Å²) in [7, 11) is 3.22. The third-order valence-corrected chi connectivity index (χ3v) is 6.02. The molecule has 0 atom stereocenters. The fourth-order valence-electron chi connectivity index (χ4n) is 4.29. The number of carbonyl (C=O) groups excluding carboxylic acids is 2. The van der Waals surface area contributed by atoms with E-state index in [0.29, 0.717) is 42.5 Å². The molecule has 0 aliphatic carbocycles. The zero-order chi connectivity index (χ0) is 24.8. The molecule has 0 bridgehead atoms. The molecule has 0 unspecified atom stereocenters. The number of rotatable bonds is 8. The maximum Gasteiger partial charge on any atom is 0.324 e. The van der Waals surface area contributed by atoms with Crippen molar-refractivity contribution in [2.75, 3.05) is 37.5 Å². The van der Waals surface area contributed by atoms with E-state index in [0.717, 1.165) is 23.1 Å². The number of methoxy groups -OCH3 is 2. The lowest BCUT2D eigenvalue weighted by Gasteiger charge is -2.36. The van der Waals surface area contributed by atoms with Crippen molar-refractivity contribution >= 4 is 23.3 Å². The van der Waals surface area contributed by atoms with Crippen LogP contribution in [0.15, 0.2) is 66.7 Å². The van der Waals surface area contributed by atoms with Crippen LogP contribution in [0.1, 0.15) is 23.1 Å². The van der Waals surface area contributed by atoms with Crippen LogP contribution >= 0.6 is 0 Å². The first-order chi connectivity index (χ1) is 17.0. The van der Waals surface area contributed by atoms with E-state index in [9.17, 15) is 9.59 Å². The van der Waals surface area contributed by atoms with E-state index in [4.69, 9.17) is 9.47 Å². The summed E-state index contributed by atoms with van der Waals surface area (Å²) in [6.45, 7) is 3.64. The van der Waals surface area contributed by atoms with Gasteiger partial charge in [0.25, 0.3) is 0 Å². The largest absolute Gasteiger partial charge is 0.497 e. The molecule has 1 aliphatic heterocycles. The quantitative estimate of drug-likeness (QED) is 0.498. The van der Waals surface area contributed by atoms with Crippen LogP contribution in [-0.2, 0) is 17.8 Å². The van der Waals surface area contributed by atoms with Gasteiger partial charge >= 0.3 is 6.03 Å². The predicted molar refractivity (Wildman–Crippen MR) is 137 cm³/mol. The van der Waals surface area contributed by atoms with Crippen molar-refractivity contribution in [1.29, 1.82) is 0 Å². The number of amides is 3. The highest BCUT2D eigenvalue weighted by molar-refractivity contribution is 6.01. The lowest BCUT2D eigenvalue weighted by atomic mass is 10.1. The number of carbonyl (C=O) groups is 2. The van der Waals surface area contributed by atoms with E-state index in [1.165, 1.54) is 0 Å². The lowest BCUT2D eigenvalue weighted by molar-refractivity contribution is -0.115. The summed E-state index contributed by atoms with van der Waals surface area (Å²) in [5, 5.41) is 3.03. The van der Waals surface area contributed by atoms with Crippen LogP contribution < -0.4 is 19.7 Å².